The number of benzene rings is 1. The van der Waals surface area contributed by atoms with Gasteiger partial charge >= 0.3 is 0 Å². The van der Waals surface area contributed by atoms with Crippen molar-refractivity contribution in [2.24, 2.45) is 0 Å². The van der Waals surface area contributed by atoms with E-state index >= 15 is 0 Å². The Balaban J connectivity index is 1.52. The Kier molecular flexibility index (Phi) is 4.71. The number of hydrogen-bond donors (Lipinski definition) is 1. The fraction of sp³-hybridized carbons (Fsp3) is 0.278. The lowest BCUT2D eigenvalue weighted by atomic mass is 10.2. The van der Waals surface area contributed by atoms with Crippen molar-refractivity contribution in [1.82, 2.24) is 14.9 Å². The first kappa shape index (κ1) is 17.1. The minimum Gasteiger partial charge on any atom is -0.496 e. The normalized spacial score (nSPS) is 14.1. The van der Waals surface area contributed by atoms with E-state index in [0.29, 0.717) is 10.8 Å². The molecule has 4 rings (SSSR count). The number of aromatic nitrogens is 2. The molecule has 0 saturated carbocycles. The third kappa shape index (κ3) is 3.35. The molecule has 0 spiro atoms. The molecule has 0 atom stereocenters. The Morgan fingerprint density at radius 2 is 2.15 bits per heavy atom. The van der Waals surface area contributed by atoms with E-state index in [1.54, 1.807) is 23.8 Å². The highest BCUT2D eigenvalue weighted by Gasteiger charge is 2.20. The van der Waals surface area contributed by atoms with Crippen molar-refractivity contribution < 1.29 is 9.53 Å². The SMILES string of the molecule is COc1ccccc1-c1nc(C(=O)Nc2nc3c(s2)CN(C)CC3)cs1. The molecule has 3 aromatic rings. The van der Waals surface area contributed by atoms with Gasteiger partial charge in [0.15, 0.2) is 5.13 Å². The number of rotatable bonds is 4. The smallest absolute Gasteiger partial charge is 0.276 e. The molecule has 0 unspecified atom stereocenters. The maximum absolute atomic E-state index is 12.5. The average molecular weight is 387 g/mol. The molecule has 3 heterocycles. The molecule has 0 fully saturated rings. The summed E-state index contributed by atoms with van der Waals surface area (Å²) in [5, 5.41) is 6.05. The quantitative estimate of drug-likeness (QED) is 0.743. The minimum atomic E-state index is -0.234. The summed E-state index contributed by atoms with van der Waals surface area (Å²) >= 11 is 2.97. The van der Waals surface area contributed by atoms with Crippen molar-refractivity contribution >= 4 is 33.7 Å². The summed E-state index contributed by atoms with van der Waals surface area (Å²) in [6.45, 7) is 1.88. The number of ether oxygens (including phenoxy) is 1. The fourth-order valence-corrected chi connectivity index (χ4v) is 4.77. The van der Waals surface area contributed by atoms with Gasteiger partial charge in [-0.2, -0.15) is 0 Å². The first-order valence-corrected chi connectivity index (χ1v) is 9.91. The first-order valence-electron chi connectivity index (χ1n) is 8.21. The van der Waals surface area contributed by atoms with E-state index in [1.807, 2.05) is 24.3 Å². The lowest BCUT2D eigenvalue weighted by Gasteiger charge is -2.20. The van der Waals surface area contributed by atoms with Crippen molar-refractivity contribution in [1.29, 1.82) is 0 Å². The molecule has 134 valence electrons. The largest absolute Gasteiger partial charge is 0.496 e. The van der Waals surface area contributed by atoms with Crippen molar-refractivity contribution in [3.05, 3.63) is 45.9 Å². The van der Waals surface area contributed by atoms with Crippen LogP contribution in [-0.4, -0.2) is 41.5 Å². The maximum Gasteiger partial charge on any atom is 0.276 e. The second kappa shape index (κ2) is 7.14. The van der Waals surface area contributed by atoms with Gasteiger partial charge in [0.25, 0.3) is 5.91 Å². The zero-order valence-electron chi connectivity index (χ0n) is 14.5. The summed E-state index contributed by atoms with van der Waals surface area (Å²) in [4.78, 5) is 25.1. The van der Waals surface area contributed by atoms with E-state index in [-0.39, 0.29) is 5.91 Å². The zero-order valence-corrected chi connectivity index (χ0v) is 16.1. The van der Waals surface area contributed by atoms with Crippen molar-refractivity contribution in [3.63, 3.8) is 0 Å². The van der Waals surface area contributed by atoms with Gasteiger partial charge in [-0.1, -0.05) is 12.1 Å². The Labute approximate surface area is 159 Å². The Morgan fingerprint density at radius 3 is 3.00 bits per heavy atom. The first-order chi connectivity index (χ1) is 12.6. The molecule has 0 bridgehead atoms. The standard InChI is InChI=1S/C18H18N4O2S2/c1-22-8-7-12-15(9-22)26-18(20-12)21-16(23)13-10-25-17(19-13)11-5-3-4-6-14(11)24-2/h3-6,10H,7-9H2,1-2H3,(H,20,21,23). The van der Waals surface area contributed by atoms with Gasteiger partial charge in [-0.15, -0.1) is 22.7 Å². The van der Waals surface area contributed by atoms with E-state index in [2.05, 4.69) is 27.2 Å². The van der Waals surface area contributed by atoms with Gasteiger partial charge in [0, 0.05) is 29.8 Å². The number of likely N-dealkylation sites (N-methyl/N-ethyl adjacent to an activating group) is 1. The third-order valence-corrected chi connectivity index (χ3v) is 6.09. The number of nitrogens with zero attached hydrogens (tertiary/aromatic N) is 3. The summed E-state index contributed by atoms with van der Waals surface area (Å²) in [6, 6.07) is 7.65. The molecular weight excluding hydrogens is 368 g/mol. The molecule has 2 aromatic heterocycles. The van der Waals surface area contributed by atoms with E-state index in [0.717, 1.165) is 41.5 Å². The number of fused-ring (bicyclic) bond motifs is 1. The van der Waals surface area contributed by atoms with Gasteiger partial charge in [0.2, 0.25) is 0 Å². The Hall–Kier alpha value is -2.29. The predicted octanol–water partition coefficient (Wildman–Crippen LogP) is 3.52. The molecule has 6 nitrogen and oxygen atoms in total. The number of thiazole rings is 2. The molecule has 1 N–H and O–H groups in total. The van der Waals surface area contributed by atoms with E-state index in [1.165, 1.54) is 16.2 Å². The Bertz CT molecular complexity index is 950. The molecule has 0 radical (unpaired) electrons. The number of carbonyl (C=O) groups excluding carboxylic acids is 1. The molecule has 26 heavy (non-hydrogen) atoms. The topological polar surface area (TPSA) is 67.3 Å². The van der Waals surface area contributed by atoms with Crippen LogP contribution in [0.4, 0.5) is 5.13 Å². The van der Waals surface area contributed by atoms with Gasteiger partial charge in [0.1, 0.15) is 16.5 Å². The van der Waals surface area contributed by atoms with Gasteiger partial charge in [0.05, 0.1) is 18.4 Å². The molecule has 8 heteroatoms. The van der Waals surface area contributed by atoms with Crippen LogP contribution in [0.1, 0.15) is 21.1 Å². The molecule has 0 aliphatic carbocycles. The summed E-state index contributed by atoms with van der Waals surface area (Å²) in [6.07, 6.45) is 0.923. The fourth-order valence-electron chi connectivity index (χ4n) is 2.86. The second-order valence-electron chi connectivity index (χ2n) is 6.07. The zero-order chi connectivity index (χ0) is 18.1. The van der Waals surface area contributed by atoms with E-state index < -0.39 is 0 Å². The number of para-hydroxylation sites is 1. The average Bonchev–Trinajstić information content (AvgIpc) is 3.28. The molecule has 0 saturated heterocycles. The number of amides is 1. The minimum absolute atomic E-state index is 0.234. The molecule has 1 aliphatic heterocycles. The van der Waals surface area contributed by atoms with Crippen LogP contribution in [-0.2, 0) is 13.0 Å². The van der Waals surface area contributed by atoms with Crippen molar-refractivity contribution in [3.8, 4) is 16.3 Å². The van der Waals surface area contributed by atoms with Crippen molar-refractivity contribution in [2.75, 3.05) is 26.0 Å². The monoisotopic (exact) mass is 386 g/mol. The van der Waals surface area contributed by atoms with Gasteiger partial charge in [-0.3, -0.25) is 10.1 Å². The summed E-state index contributed by atoms with van der Waals surface area (Å²) in [7, 11) is 3.72. The molecule has 1 aliphatic rings. The highest BCUT2D eigenvalue weighted by atomic mass is 32.1. The predicted molar refractivity (Wildman–Crippen MR) is 104 cm³/mol. The summed E-state index contributed by atoms with van der Waals surface area (Å²) in [5.41, 5.74) is 2.37. The molecular formula is C18H18N4O2S2. The van der Waals surface area contributed by atoms with Gasteiger partial charge in [-0.05, 0) is 19.2 Å². The maximum atomic E-state index is 12.5. The van der Waals surface area contributed by atoms with Crippen LogP contribution < -0.4 is 10.1 Å². The van der Waals surface area contributed by atoms with E-state index in [4.69, 9.17) is 4.74 Å². The van der Waals surface area contributed by atoms with Gasteiger partial charge < -0.3 is 9.64 Å². The van der Waals surface area contributed by atoms with Crippen LogP contribution in [0, 0.1) is 0 Å². The summed E-state index contributed by atoms with van der Waals surface area (Å²) in [5.74, 6) is 0.507. The third-order valence-electron chi connectivity index (χ3n) is 4.22. The van der Waals surface area contributed by atoms with Crippen LogP contribution in [0.3, 0.4) is 0 Å². The lowest BCUT2D eigenvalue weighted by molar-refractivity contribution is 0.102. The van der Waals surface area contributed by atoms with Crippen LogP contribution >= 0.6 is 22.7 Å². The van der Waals surface area contributed by atoms with Crippen LogP contribution in [0.5, 0.6) is 5.75 Å². The van der Waals surface area contributed by atoms with Crippen LogP contribution in [0.15, 0.2) is 29.6 Å². The van der Waals surface area contributed by atoms with E-state index in [9.17, 15) is 4.79 Å². The number of methoxy groups -OCH3 is 1. The number of anilines is 1. The second-order valence-corrected chi connectivity index (χ2v) is 8.01. The van der Waals surface area contributed by atoms with Gasteiger partial charge in [-0.25, -0.2) is 9.97 Å². The molecule has 1 amide bonds. The highest BCUT2D eigenvalue weighted by Crippen LogP contribution is 2.32. The number of nitrogens with one attached hydrogen (secondary N) is 1. The van der Waals surface area contributed by atoms with Crippen LogP contribution in [0.2, 0.25) is 0 Å². The molecule has 1 aromatic carbocycles. The number of hydrogen-bond acceptors (Lipinski definition) is 7. The number of carbonyl (C=O) groups is 1. The highest BCUT2D eigenvalue weighted by molar-refractivity contribution is 7.16. The lowest BCUT2D eigenvalue weighted by Crippen LogP contribution is -2.25. The Morgan fingerprint density at radius 1 is 1.31 bits per heavy atom. The summed E-state index contributed by atoms with van der Waals surface area (Å²) < 4.78 is 5.37. The van der Waals surface area contributed by atoms with Crippen molar-refractivity contribution in [2.45, 2.75) is 13.0 Å². The van der Waals surface area contributed by atoms with Crippen LogP contribution in [0.25, 0.3) is 10.6 Å².